The van der Waals surface area contributed by atoms with Gasteiger partial charge in [-0.25, -0.2) is 8.42 Å². The van der Waals surface area contributed by atoms with Crippen LogP contribution in [0.1, 0.15) is 63.0 Å². The number of para-hydroxylation sites is 1. The molecule has 1 aliphatic rings. The van der Waals surface area contributed by atoms with Gasteiger partial charge in [-0.05, 0) is 61.1 Å². The number of benzene rings is 2. The molecule has 1 saturated carbocycles. The van der Waals surface area contributed by atoms with Crippen molar-refractivity contribution in [3.05, 3.63) is 58.6 Å². The maximum absolute atomic E-state index is 13.5. The lowest BCUT2D eigenvalue weighted by atomic mass is 9.95. The molecule has 168 valence electrons. The number of hydrogen-bond donors (Lipinski definition) is 1. The summed E-state index contributed by atoms with van der Waals surface area (Å²) in [6.45, 7) is 5.89. The van der Waals surface area contributed by atoms with Crippen LogP contribution in [0.25, 0.3) is 0 Å². The van der Waals surface area contributed by atoms with E-state index in [9.17, 15) is 13.2 Å². The highest BCUT2D eigenvalue weighted by atomic mass is 35.5. The summed E-state index contributed by atoms with van der Waals surface area (Å²) in [4.78, 5) is 13.2. The van der Waals surface area contributed by atoms with Crippen molar-refractivity contribution in [3.8, 4) is 0 Å². The number of halogens is 1. The summed E-state index contributed by atoms with van der Waals surface area (Å²) < 4.78 is 28.3. The third-order valence-electron chi connectivity index (χ3n) is 5.89. The lowest BCUT2D eigenvalue weighted by Crippen LogP contribution is -2.45. The Morgan fingerprint density at radius 1 is 1.10 bits per heavy atom. The molecule has 0 saturated heterocycles. The Morgan fingerprint density at radius 2 is 1.74 bits per heavy atom. The van der Waals surface area contributed by atoms with E-state index in [1.807, 2.05) is 25.1 Å². The van der Waals surface area contributed by atoms with E-state index in [4.69, 9.17) is 11.6 Å². The normalized spacial score (nSPS) is 15.4. The molecule has 0 spiro atoms. The van der Waals surface area contributed by atoms with Crippen molar-refractivity contribution in [2.75, 3.05) is 11.9 Å². The molecule has 1 aliphatic carbocycles. The van der Waals surface area contributed by atoms with Crippen LogP contribution in [-0.4, -0.2) is 31.2 Å². The number of rotatable bonds is 7. The van der Waals surface area contributed by atoms with E-state index in [1.54, 1.807) is 12.1 Å². The van der Waals surface area contributed by atoms with Crippen molar-refractivity contribution in [2.45, 2.75) is 69.7 Å². The largest absolute Gasteiger partial charge is 0.324 e. The fourth-order valence-corrected chi connectivity index (χ4v) is 5.95. The molecule has 1 amide bonds. The number of hydrogen-bond acceptors (Lipinski definition) is 3. The van der Waals surface area contributed by atoms with E-state index in [1.165, 1.54) is 16.4 Å². The van der Waals surface area contributed by atoms with Crippen LogP contribution in [0, 0.1) is 6.92 Å². The minimum Gasteiger partial charge on any atom is -0.324 e. The lowest BCUT2D eigenvalue weighted by Gasteiger charge is -2.33. The summed E-state index contributed by atoms with van der Waals surface area (Å²) >= 11 is 5.95. The fraction of sp³-hybridized carbons (Fsp3) is 0.458. The SMILES string of the molecule is Cc1cccc(C(C)C)c1NC(=O)CN(C1CCCCC1)S(=O)(=O)c1ccc(Cl)cc1. The average molecular weight is 463 g/mol. The van der Waals surface area contributed by atoms with Gasteiger partial charge in [0.25, 0.3) is 0 Å². The molecular formula is C24H31ClN2O3S. The summed E-state index contributed by atoms with van der Waals surface area (Å²) in [5.74, 6) is -0.0817. The van der Waals surface area contributed by atoms with Crippen molar-refractivity contribution in [2.24, 2.45) is 0 Å². The predicted octanol–water partition coefficient (Wildman–Crippen LogP) is 5.73. The monoisotopic (exact) mass is 462 g/mol. The summed E-state index contributed by atoms with van der Waals surface area (Å²) in [5, 5.41) is 3.47. The second-order valence-electron chi connectivity index (χ2n) is 8.54. The number of carbonyl (C=O) groups excluding carboxylic acids is 1. The van der Waals surface area contributed by atoms with Gasteiger partial charge in [0.05, 0.1) is 11.4 Å². The maximum atomic E-state index is 13.5. The number of anilines is 1. The van der Waals surface area contributed by atoms with Gasteiger partial charge in [-0.2, -0.15) is 4.31 Å². The van der Waals surface area contributed by atoms with Gasteiger partial charge in [0.2, 0.25) is 15.9 Å². The molecule has 1 fully saturated rings. The van der Waals surface area contributed by atoms with Crippen molar-refractivity contribution >= 4 is 33.2 Å². The summed E-state index contributed by atoms with van der Waals surface area (Å²) in [6.07, 6.45) is 4.56. The first-order valence-corrected chi connectivity index (χ1v) is 12.7. The highest BCUT2D eigenvalue weighted by Crippen LogP contribution is 2.30. The molecule has 1 N–H and O–H groups in total. The van der Waals surface area contributed by atoms with Gasteiger partial charge in [-0.15, -0.1) is 0 Å². The van der Waals surface area contributed by atoms with Gasteiger partial charge in [0.15, 0.2) is 0 Å². The summed E-state index contributed by atoms with van der Waals surface area (Å²) in [6, 6.07) is 11.9. The first-order valence-electron chi connectivity index (χ1n) is 10.9. The highest BCUT2D eigenvalue weighted by molar-refractivity contribution is 7.89. The fourth-order valence-electron chi connectivity index (χ4n) is 4.18. The molecule has 31 heavy (non-hydrogen) atoms. The molecule has 2 aromatic carbocycles. The van der Waals surface area contributed by atoms with Crippen molar-refractivity contribution in [3.63, 3.8) is 0 Å². The number of sulfonamides is 1. The molecule has 2 aromatic rings. The molecule has 0 bridgehead atoms. The Kier molecular flexibility index (Phi) is 7.78. The van der Waals surface area contributed by atoms with Crippen molar-refractivity contribution in [1.29, 1.82) is 0 Å². The van der Waals surface area contributed by atoms with E-state index in [-0.39, 0.29) is 29.3 Å². The molecule has 0 aliphatic heterocycles. The van der Waals surface area contributed by atoms with E-state index in [0.717, 1.165) is 48.9 Å². The van der Waals surface area contributed by atoms with Crippen molar-refractivity contribution in [1.82, 2.24) is 4.31 Å². The number of amides is 1. The van der Waals surface area contributed by atoms with E-state index in [0.29, 0.717) is 5.02 Å². The third-order valence-corrected chi connectivity index (χ3v) is 8.06. The molecule has 3 rings (SSSR count). The number of nitrogens with one attached hydrogen (secondary N) is 1. The second-order valence-corrected chi connectivity index (χ2v) is 10.9. The minimum atomic E-state index is -3.83. The first-order chi connectivity index (χ1) is 14.7. The quantitative estimate of drug-likeness (QED) is 0.571. The third kappa shape index (κ3) is 5.68. The van der Waals surface area contributed by atoms with Gasteiger partial charge in [-0.3, -0.25) is 4.79 Å². The van der Waals surface area contributed by atoms with Gasteiger partial charge in [0, 0.05) is 16.8 Å². The molecule has 0 aromatic heterocycles. The second kappa shape index (κ2) is 10.2. The molecule has 0 heterocycles. The molecule has 0 unspecified atom stereocenters. The highest BCUT2D eigenvalue weighted by Gasteiger charge is 2.34. The van der Waals surface area contributed by atoms with E-state index in [2.05, 4.69) is 19.2 Å². The zero-order valence-electron chi connectivity index (χ0n) is 18.4. The molecular weight excluding hydrogens is 432 g/mol. The van der Waals surface area contributed by atoms with Crippen LogP contribution in [0.2, 0.25) is 5.02 Å². The van der Waals surface area contributed by atoms with Crippen LogP contribution >= 0.6 is 11.6 Å². The number of aryl methyl sites for hydroxylation is 1. The Balaban J connectivity index is 1.89. The van der Waals surface area contributed by atoms with Crippen LogP contribution in [0.5, 0.6) is 0 Å². The zero-order chi connectivity index (χ0) is 22.6. The van der Waals surface area contributed by atoms with Crippen LogP contribution in [-0.2, 0) is 14.8 Å². The van der Waals surface area contributed by atoms with Crippen LogP contribution in [0.3, 0.4) is 0 Å². The molecule has 0 radical (unpaired) electrons. The van der Waals surface area contributed by atoms with Gasteiger partial charge in [-0.1, -0.05) is 62.9 Å². The van der Waals surface area contributed by atoms with Gasteiger partial charge < -0.3 is 5.32 Å². The Bertz CT molecular complexity index is 1010. The van der Waals surface area contributed by atoms with E-state index >= 15 is 0 Å². The first kappa shape index (κ1) is 23.8. The Hall–Kier alpha value is -1.89. The van der Waals surface area contributed by atoms with Crippen LogP contribution in [0.15, 0.2) is 47.4 Å². The Labute approximate surface area is 190 Å². The summed E-state index contributed by atoms with van der Waals surface area (Å²) in [5.41, 5.74) is 2.78. The average Bonchev–Trinajstić information content (AvgIpc) is 2.74. The van der Waals surface area contributed by atoms with Crippen LogP contribution < -0.4 is 5.32 Å². The van der Waals surface area contributed by atoms with Gasteiger partial charge in [0.1, 0.15) is 0 Å². The van der Waals surface area contributed by atoms with Crippen LogP contribution in [0.4, 0.5) is 5.69 Å². The zero-order valence-corrected chi connectivity index (χ0v) is 20.0. The van der Waals surface area contributed by atoms with E-state index < -0.39 is 10.0 Å². The minimum absolute atomic E-state index is 0.161. The molecule has 0 atom stereocenters. The van der Waals surface area contributed by atoms with Crippen molar-refractivity contribution < 1.29 is 13.2 Å². The summed E-state index contributed by atoms with van der Waals surface area (Å²) in [7, 11) is -3.83. The molecule has 5 nitrogen and oxygen atoms in total. The predicted molar refractivity (Wildman–Crippen MR) is 126 cm³/mol. The Morgan fingerprint density at radius 3 is 2.35 bits per heavy atom. The van der Waals surface area contributed by atoms with Gasteiger partial charge >= 0.3 is 0 Å². The smallest absolute Gasteiger partial charge is 0.243 e. The number of nitrogens with zero attached hydrogens (tertiary/aromatic N) is 1. The standard InChI is InChI=1S/C24H31ClN2O3S/c1-17(2)22-11-7-8-18(3)24(22)26-23(28)16-27(20-9-5-4-6-10-20)31(29,30)21-14-12-19(25)13-15-21/h7-8,11-15,17,20H,4-6,9-10,16H2,1-3H3,(H,26,28). The molecule has 7 heteroatoms. The maximum Gasteiger partial charge on any atom is 0.243 e. The topological polar surface area (TPSA) is 66.5 Å². The number of carbonyl (C=O) groups is 1. The lowest BCUT2D eigenvalue weighted by molar-refractivity contribution is -0.116.